The number of anilines is 1. The van der Waals surface area contributed by atoms with Crippen LogP contribution in [0.1, 0.15) is 20.7 Å². The lowest BCUT2D eigenvalue weighted by Crippen LogP contribution is -2.50. The fraction of sp³-hybridized carbons (Fsp3) is 0.250. The Morgan fingerprint density at radius 3 is 2.27 bits per heavy atom. The molecule has 0 radical (unpaired) electrons. The zero-order valence-corrected chi connectivity index (χ0v) is 20.8. The molecule has 1 aliphatic carbocycles. The Balaban J connectivity index is 1.73. The Labute approximate surface area is 222 Å². The van der Waals surface area contributed by atoms with Crippen molar-refractivity contribution in [2.45, 2.75) is 12.3 Å². The molecule has 6 rings (SSSR count). The van der Waals surface area contributed by atoms with Gasteiger partial charge in [-0.25, -0.2) is 31.3 Å². The average Bonchev–Trinajstić information content (AvgIpc) is 2.89. The molecular formula is C28H19F5N2O5. The monoisotopic (exact) mass is 558 g/mol. The number of carbonyl (C=O) groups excluding carboxylic acids is 2. The molecule has 0 N–H and O–H groups in total. The van der Waals surface area contributed by atoms with Crippen LogP contribution in [0.5, 0.6) is 0 Å². The third-order valence-electron chi connectivity index (χ3n) is 7.26. The smallest absolute Gasteiger partial charge is 0.344 e. The Hall–Kier alpha value is -4.48. The fourth-order valence-corrected chi connectivity index (χ4v) is 5.17. The Kier molecular flexibility index (Phi) is 6.00. The summed E-state index contributed by atoms with van der Waals surface area (Å²) in [5, 5.41) is 12.7. The largest absolute Gasteiger partial charge is 0.545 e. The molecule has 40 heavy (non-hydrogen) atoms. The third-order valence-corrected chi connectivity index (χ3v) is 7.26. The van der Waals surface area contributed by atoms with Crippen LogP contribution in [0.3, 0.4) is 0 Å². The second-order valence-electron chi connectivity index (χ2n) is 9.69. The Morgan fingerprint density at radius 2 is 1.65 bits per heavy atom. The molecule has 4 aliphatic rings. The van der Waals surface area contributed by atoms with Gasteiger partial charge in [0.25, 0.3) is 0 Å². The fourth-order valence-electron chi connectivity index (χ4n) is 5.17. The van der Waals surface area contributed by atoms with Gasteiger partial charge in [-0.15, -0.1) is 0 Å². The molecule has 2 aromatic carbocycles. The molecule has 0 amide bonds. The van der Waals surface area contributed by atoms with Crippen LogP contribution in [0.25, 0.3) is 33.4 Å². The van der Waals surface area contributed by atoms with E-state index in [-0.39, 0.29) is 54.0 Å². The third kappa shape index (κ3) is 3.89. The molecule has 3 heterocycles. The maximum Gasteiger partial charge on any atom is 0.344 e. The van der Waals surface area contributed by atoms with E-state index in [9.17, 15) is 27.9 Å². The topological polar surface area (TPSA) is 85.8 Å². The summed E-state index contributed by atoms with van der Waals surface area (Å²) in [7, 11) is 0.830. The number of halogens is 5. The number of rotatable bonds is 4. The van der Waals surface area contributed by atoms with Crippen LogP contribution < -0.4 is 19.9 Å². The SMILES string of the molecule is COC(=O)c1c(F)c(F)c(C(=O)[O-])c(-c2c3ccc(=[N+]4CC(F)C4)cc-3oc3cc(N4CC(F)C4)ccc23)c1F. The van der Waals surface area contributed by atoms with Crippen molar-refractivity contribution >= 4 is 28.6 Å². The first-order valence-corrected chi connectivity index (χ1v) is 12.2. The van der Waals surface area contributed by atoms with Gasteiger partial charge in [-0.05, 0) is 18.2 Å². The highest BCUT2D eigenvalue weighted by Crippen LogP contribution is 2.45. The number of nitrogens with zero attached hydrogens (tertiary/aromatic N) is 2. The second kappa shape index (κ2) is 9.32. The minimum absolute atomic E-state index is 0.0829. The summed E-state index contributed by atoms with van der Waals surface area (Å²) in [5.41, 5.74) is -3.28. The normalized spacial score (nSPS) is 17.2. The number of alkyl halides is 2. The number of carbonyl (C=O) groups is 2. The second-order valence-corrected chi connectivity index (χ2v) is 9.69. The van der Waals surface area contributed by atoms with Crippen molar-refractivity contribution in [2.75, 3.05) is 38.2 Å². The van der Waals surface area contributed by atoms with Crippen molar-refractivity contribution < 1.29 is 45.8 Å². The molecular weight excluding hydrogens is 539 g/mol. The number of ether oxygens (including phenoxy) is 1. The van der Waals surface area contributed by atoms with Crippen molar-refractivity contribution in [1.29, 1.82) is 0 Å². The van der Waals surface area contributed by atoms with E-state index in [0.717, 1.165) is 7.11 Å². The van der Waals surface area contributed by atoms with Crippen molar-refractivity contribution in [2.24, 2.45) is 0 Å². The van der Waals surface area contributed by atoms with Crippen LogP contribution in [0.2, 0.25) is 0 Å². The molecule has 0 spiro atoms. The summed E-state index contributed by atoms with van der Waals surface area (Å²) in [6.07, 6.45) is -2.03. The molecule has 0 aromatic heterocycles. The number of carboxylic acids is 1. The zero-order valence-electron chi connectivity index (χ0n) is 20.8. The van der Waals surface area contributed by atoms with Crippen molar-refractivity contribution in [3.63, 3.8) is 0 Å². The minimum atomic E-state index is -2.22. The summed E-state index contributed by atoms with van der Waals surface area (Å²) in [6, 6.07) is 9.07. The number of esters is 1. The van der Waals surface area contributed by atoms with Gasteiger partial charge in [0, 0.05) is 45.5 Å². The molecule has 7 nitrogen and oxygen atoms in total. The molecule has 0 unspecified atom stereocenters. The molecule has 12 heteroatoms. The lowest BCUT2D eigenvalue weighted by atomic mass is 9.88. The minimum Gasteiger partial charge on any atom is -0.545 e. The van der Waals surface area contributed by atoms with Crippen molar-refractivity contribution in [1.82, 2.24) is 4.58 Å². The van der Waals surface area contributed by atoms with Gasteiger partial charge in [0.2, 0.25) is 11.5 Å². The van der Waals surface area contributed by atoms with Crippen LogP contribution in [0, 0.1) is 17.5 Å². The number of fused-ring (bicyclic) bond motifs is 2. The zero-order chi connectivity index (χ0) is 28.5. The number of aromatic carboxylic acids is 1. The molecule has 2 fully saturated rings. The number of benzene rings is 3. The van der Waals surface area contributed by atoms with Crippen LogP contribution in [-0.4, -0.2) is 57.6 Å². The van der Waals surface area contributed by atoms with E-state index in [0.29, 0.717) is 11.0 Å². The first kappa shape index (κ1) is 25.8. The average molecular weight is 558 g/mol. The lowest BCUT2D eigenvalue weighted by molar-refractivity contribution is -0.255. The number of carboxylic acid groups (broad SMARTS) is 1. The van der Waals surface area contributed by atoms with Crippen molar-refractivity contribution in [3.8, 4) is 22.5 Å². The van der Waals surface area contributed by atoms with E-state index in [2.05, 4.69) is 4.74 Å². The van der Waals surface area contributed by atoms with Crippen molar-refractivity contribution in [3.05, 3.63) is 70.3 Å². The molecule has 0 saturated carbocycles. The van der Waals surface area contributed by atoms with Gasteiger partial charge in [0.1, 0.15) is 28.9 Å². The van der Waals surface area contributed by atoms with E-state index in [4.69, 9.17) is 4.42 Å². The summed E-state index contributed by atoms with van der Waals surface area (Å²) in [5.74, 6) is -9.41. The predicted octanol–water partition coefficient (Wildman–Crippen LogP) is 3.05. The van der Waals surface area contributed by atoms with Gasteiger partial charge >= 0.3 is 5.97 Å². The maximum atomic E-state index is 16.0. The number of hydrogen-bond acceptors (Lipinski definition) is 6. The van der Waals surface area contributed by atoms with E-state index in [1.165, 1.54) is 24.3 Å². The Morgan fingerprint density at radius 1 is 0.950 bits per heavy atom. The van der Waals surface area contributed by atoms with E-state index in [1.807, 2.05) is 0 Å². The van der Waals surface area contributed by atoms with Crippen LogP contribution in [0.4, 0.5) is 27.6 Å². The standard InChI is InChI=1S/C28H19F5N2O5/c1-39-28(38)23-24(31)21(22(27(36)37)25(32)26(23)33)20-16-4-2-14(34-8-12(29)9-34)6-18(16)40-19-7-15(3-5-17(19)20)35-10-13(30)11-35/h2-7,12-13H,8-11H2,1H3. The molecule has 3 aliphatic heterocycles. The highest BCUT2D eigenvalue weighted by molar-refractivity contribution is 6.09. The predicted molar refractivity (Wildman–Crippen MR) is 131 cm³/mol. The van der Waals surface area contributed by atoms with Crippen LogP contribution in [0.15, 0.2) is 40.8 Å². The van der Waals surface area contributed by atoms with Gasteiger partial charge in [-0.2, -0.15) is 0 Å². The van der Waals surface area contributed by atoms with Crippen LogP contribution >= 0.6 is 0 Å². The number of hydrogen-bond donors (Lipinski definition) is 0. The molecule has 0 bridgehead atoms. The Bertz CT molecular complexity index is 1770. The van der Waals surface area contributed by atoms with Gasteiger partial charge in [-0.3, -0.25) is 0 Å². The quantitative estimate of drug-likeness (QED) is 0.126. The number of methoxy groups -OCH3 is 1. The first-order chi connectivity index (χ1) is 19.1. The van der Waals surface area contributed by atoms with Gasteiger partial charge in [-0.1, -0.05) is 0 Å². The summed E-state index contributed by atoms with van der Waals surface area (Å²) in [6.45, 7) is 0.518. The summed E-state index contributed by atoms with van der Waals surface area (Å²) < 4.78 is 85.2. The van der Waals surface area contributed by atoms with E-state index >= 15 is 8.78 Å². The first-order valence-electron chi connectivity index (χ1n) is 12.2. The molecule has 206 valence electrons. The molecule has 2 saturated heterocycles. The molecule has 0 atom stereocenters. The summed E-state index contributed by atoms with van der Waals surface area (Å²) in [4.78, 5) is 26.0. The molecule has 2 aromatic rings. The highest BCUT2D eigenvalue weighted by Gasteiger charge is 2.35. The van der Waals surface area contributed by atoms with Gasteiger partial charge < -0.3 is 24.0 Å². The van der Waals surface area contributed by atoms with E-state index < -0.39 is 58.4 Å². The van der Waals surface area contributed by atoms with Gasteiger partial charge in [0.05, 0.1) is 32.2 Å². The summed E-state index contributed by atoms with van der Waals surface area (Å²) >= 11 is 0. The van der Waals surface area contributed by atoms with Crippen LogP contribution in [-0.2, 0) is 4.74 Å². The lowest BCUT2D eigenvalue weighted by Gasteiger charge is -2.36. The van der Waals surface area contributed by atoms with Gasteiger partial charge in [0.15, 0.2) is 24.7 Å². The van der Waals surface area contributed by atoms with E-state index in [1.54, 1.807) is 21.6 Å². The highest BCUT2D eigenvalue weighted by atomic mass is 19.2. The maximum absolute atomic E-state index is 16.0.